The molecule has 3 aliphatic rings. The number of nitrogens with one attached hydrogen (secondary N) is 1. The fraction of sp³-hybridized carbons (Fsp3) is 0.611. The molecule has 1 aromatic rings. The zero-order chi connectivity index (χ0) is 34.8. The Bertz CT molecular complexity index is 1300. The number of carbonyl (C=O) groups is 4. The summed E-state index contributed by atoms with van der Waals surface area (Å²) in [6.45, 7) is 10.5. The van der Waals surface area contributed by atoms with Crippen molar-refractivity contribution in [2.24, 2.45) is 11.8 Å². The normalized spacial score (nSPS) is 26.9. The summed E-state index contributed by atoms with van der Waals surface area (Å²) in [5.41, 5.74) is -0.614. The molecule has 11 nitrogen and oxygen atoms in total. The lowest BCUT2D eigenvalue weighted by atomic mass is 9.70. The Morgan fingerprint density at radius 3 is 2.60 bits per heavy atom. The number of alkyl halides is 1. The number of likely N-dealkylation sites (tertiary alicyclic amines) is 1. The lowest BCUT2D eigenvalue weighted by molar-refractivity contribution is -0.163. The second kappa shape index (κ2) is 17.6. The van der Waals surface area contributed by atoms with Crippen LogP contribution in [-0.2, 0) is 33.4 Å². The molecule has 3 heterocycles. The molecule has 3 saturated heterocycles. The molecule has 2 bridgehead atoms. The summed E-state index contributed by atoms with van der Waals surface area (Å²) in [5, 5.41) is 12.7. The van der Waals surface area contributed by atoms with Gasteiger partial charge in [0.2, 0.25) is 17.7 Å². The lowest BCUT2D eigenvalue weighted by Gasteiger charge is -2.37. The van der Waals surface area contributed by atoms with Crippen molar-refractivity contribution in [3.8, 4) is 0 Å². The Kier molecular flexibility index (Phi) is 13.8. The Morgan fingerprint density at radius 2 is 1.96 bits per heavy atom. The quantitative estimate of drug-likeness (QED) is 0.0898. The first-order valence-corrected chi connectivity index (χ1v) is 17.9. The van der Waals surface area contributed by atoms with E-state index in [2.05, 4.69) is 41.3 Å². The summed E-state index contributed by atoms with van der Waals surface area (Å²) >= 11 is 3.72. The number of rotatable bonds is 20. The first-order valence-electron chi connectivity index (χ1n) is 17.0. The number of aliphatic hydroxyl groups excluding tert-OH is 1. The van der Waals surface area contributed by atoms with E-state index in [1.165, 1.54) is 12.0 Å². The lowest BCUT2D eigenvalue weighted by Crippen LogP contribution is -2.57. The highest BCUT2D eigenvalue weighted by Gasteiger charge is 2.77. The van der Waals surface area contributed by atoms with Gasteiger partial charge in [-0.1, -0.05) is 78.2 Å². The van der Waals surface area contributed by atoms with Crippen molar-refractivity contribution in [1.82, 2.24) is 15.1 Å². The molecular formula is C36H50BrN3O8. The molecule has 48 heavy (non-hydrogen) atoms. The molecular weight excluding hydrogens is 682 g/mol. The minimum atomic E-state index is -1.26. The van der Waals surface area contributed by atoms with E-state index in [1.807, 2.05) is 18.2 Å². The number of hydrogen-bond acceptors (Lipinski definition) is 8. The average molecular weight is 733 g/mol. The molecule has 0 aromatic heterocycles. The van der Waals surface area contributed by atoms with Crippen LogP contribution in [0.3, 0.4) is 0 Å². The van der Waals surface area contributed by atoms with Crippen LogP contribution in [0.5, 0.6) is 0 Å². The number of ether oxygens (including phenoxy) is 3. The third-order valence-electron chi connectivity index (χ3n) is 9.55. The number of nitrogens with zero attached hydrogens (tertiary/aromatic N) is 2. The van der Waals surface area contributed by atoms with Crippen molar-refractivity contribution in [1.29, 1.82) is 0 Å². The van der Waals surface area contributed by atoms with Crippen LogP contribution in [0.4, 0.5) is 0 Å². The molecule has 3 fully saturated rings. The summed E-state index contributed by atoms with van der Waals surface area (Å²) in [6, 6.07) is 7.39. The van der Waals surface area contributed by atoms with Crippen molar-refractivity contribution in [3.05, 3.63) is 61.2 Å². The van der Waals surface area contributed by atoms with E-state index >= 15 is 0 Å². The Balaban J connectivity index is 1.69. The maximum absolute atomic E-state index is 14.4. The van der Waals surface area contributed by atoms with Gasteiger partial charge in [0, 0.05) is 44.6 Å². The van der Waals surface area contributed by atoms with Crippen molar-refractivity contribution in [2.45, 2.75) is 86.6 Å². The molecule has 1 aromatic carbocycles. The van der Waals surface area contributed by atoms with E-state index < -0.39 is 47.7 Å². The molecule has 0 aliphatic carbocycles. The van der Waals surface area contributed by atoms with Crippen LogP contribution in [0.25, 0.3) is 0 Å². The predicted molar refractivity (Wildman–Crippen MR) is 184 cm³/mol. The van der Waals surface area contributed by atoms with Gasteiger partial charge in [0.1, 0.15) is 17.7 Å². The second-order valence-corrected chi connectivity index (χ2v) is 14.0. The summed E-state index contributed by atoms with van der Waals surface area (Å²) in [4.78, 5) is 58.9. The van der Waals surface area contributed by atoms with Crippen LogP contribution in [-0.4, -0.2) is 107 Å². The summed E-state index contributed by atoms with van der Waals surface area (Å²) < 4.78 is 18.4. The van der Waals surface area contributed by atoms with Crippen LogP contribution >= 0.6 is 15.9 Å². The molecule has 8 atom stereocenters. The zero-order valence-corrected chi connectivity index (χ0v) is 29.6. The minimum absolute atomic E-state index is 0.0628. The van der Waals surface area contributed by atoms with Crippen molar-refractivity contribution in [2.75, 3.05) is 40.0 Å². The molecule has 4 rings (SSSR count). The topological polar surface area (TPSA) is 135 Å². The number of carbonyl (C=O) groups excluding carboxylic acids is 4. The number of fused-ring (bicyclic) bond motifs is 1. The molecule has 0 radical (unpaired) electrons. The van der Waals surface area contributed by atoms with Gasteiger partial charge in [-0.15, -0.1) is 13.2 Å². The van der Waals surface area contributed by atoms with Crippen LogP contribution in [0.1, 0.15) is 63.5 Å². The fourth-order valence-corrected chi connectivity index (χ4v) is 8.40. The van der Waals surface area contributed by atoms with Gasteiger partial charge in [0.25, 0.3) is 0 Å². The van der Waals surface area contributed by atoms with Gasteiger partial charge >= 0.3 is 5.97 Å². The van der Waals surface area contributed by atoms with Crippen molar-refractivity contribution < 1.29 is 38.5 Å². The summed E-state index contributed by atoms with van der Waals surface area (Å²) in [7, 11) is 1.50. The van der Waals surface area contributed by atoms with Crippen LogP contribution in [0.2, 0.25) is 0 Å². The molecule has 0 saturated carbocycles. The standard InChI is InChI=1S/C36H50BrN3O8/c1-5-8-13-19-39(18-7-3)34(44)32-36-22-25(37)31(48-36)28(29(36)33(43)40(32)20-14-21-41)35(45)47-30(24-15-11-10-12-16-24)26(23-46-4)38-27(42)17-9-6-2/h6-7,10-12,15-16,25-26,28-32,41H,2-3,5,8-9,13-14,17-23H2,1,4H3,(H,38,42)/t25?,26-,28+,29-,30-,31+,32+,36-/m1/s1. The van der Waals surface area contributed by atoms with Gasteiger partial charge < -0.3 is 34.4 Å². The van der Waals surface area contributed by atoms with Gasteiger partial charge in [-0.3, -0.25) is 19.2 Å². The number of esters is 1. The number of methoxy groups -OCH3 is 1. The number of hydrogen-bond donors (Lipinski definition) is 2. The second-order valence-electron chi connectivity index (χ2n) is 12.8. The largest absolute Gasteiger partial charge is 0.455 e. The molecule has 3 amide bonds. The monoisotopic (exact) mass is 731 g/mol. The SMILES string of the molecule is C=CCCC(=O)N[C@H](COC)[C@H](OC(=O)[C@@H]1[C@H]2O[C@@]3(CC2Br)[C@H](C(=O)N(CC=C)CCCCC)N(CCCO)C(=O)[C@@H]13)c1ccccc1. The van der Waals surface area contributed by atoms with Gasteiger partial charge in [0.15, 0.2) is 0 Å². The summed E-state index contributed by atoms with van der Waals surface area (Å²) in [6.07, 6.45) is 5.74. The molecule has 1 spiro atoms. The Hall–Kier alpha value is -3.06. The third-order valence-corrected chi connectivity index (χ3v) is 10.4. The van der Waals surface area contributed by atoms with E-state index in [-0.39, 0.29) is 55.1 Å². The fourth-order valence-electron chi connectivity index (χ4n) is 7.46. The van der Waals surface area contributed by atoms with Crippen LogP contribution in [0, 0.1) is 11.8 Å². The smallest absolute Gasteiger partial charge is 0.313 e. The number of amides is 3. The maximum atomic E-state index is 14.4. The van der Waals surface area contributed by atoms with E-state index in [9.17, 15) is 24.3 Å². The number of allylic oxidation sites excluding steroid dienone is 1. The minimum Gasteiger partial charge on any atom is -0.455 e. The van der Waals surface area contributed by atoms with Crippen molar-refractivity contribution >= 4 is 39.6 Å². The predicted octanol–water partition coefficient (Wildman–Crippen LogP) is 3.70. The maximum Gasteiger partial charge on any atom is 0.313 e. The Labute approximate surface area is 292 Å². The van der Waals surface area contributed by atoms with Crippen LogP contribution < -0.4 is 5.32 Å². The van der Waals surface area contributed by atoms with E-state index in [4.69, 9.17) is 14.2 Å². The third kappa shape index (κ3) is 7.87. The molecule has 12 heteroatoms. The highest BCUT2D eigenvalue weighted by atomic mass is 79.9. The van der Waals surface area contributed by atoms with Gasteiger partial charge in [0.05, 0.1) is 30.6 Å². The summed E-state index contributed by atoms with van der Waals surface area (Å²) in [5.74, 6) is -3.48. The zero-order valence-electron chi connectivity index (χ0n) is 28.1. The molecule has 3 aliphatic heterocycles. The average Bonchev–Trinajstić information content (AvgIpc) is 3.67. The first kappa shape index (κ1) is 37.8. The highest BCUT2D eigenvalue weighted by Crippen LogP contribution is 2.60. The van der Waals surface area contributed by atoms with E-state index in [1.54, 1.807) is 29.2 Å². The number of aliphatic hydroxyl groups is 1. The number of unbranched alkanes of at least 4 members (excludes halogenated alkanes) is 2. The molecule has 264 valence electrons. The number of benzene rings is 1. The molecule has 1 unspecified atom stereocenters. The number of halogens is 1. The van der Waals surface area contributed by atoms with Crippen molar-refractivity contribution in [3.63, 3.8) is 0 Å². The first-order chi connectivity index (χ1) is 23.2. The van der Waals surface area contributed by atoms with Crippen LogP contribution in [0.15, 0.2) is 55.6 Å². The van der Waals surface area contributed by atoms with E-state index in [0.717, 1.165) is 19.3 Å². The highest BCUT2D eigenvalue weighted by molar-refractivity contribution is 9.09. The van der Waals surface area contributed by atoms with Gasteiger partial charge in [-0.05, 0) is 31.2 Å². The van der Waals surface area contributed by atoms with E-state index in [0.29, 0.717) is 31.5 Å². The molecule has 2 N–H and O–H groups in total. The Morgan fingerprint density at radius 1 is 1.21 bits per heavy atom. The van der Waals surface area contributed by atoms with Gasteiger partial charge in [-0.25, -0.2) is 0 Å². The van der Waals surface area contributed by atoms with Gasteiger partial charge in [-0.2, -0.15) is 0 Å².